The standard InChI is InChI=1S/C58H111N2O6P/c1-6-8-10-12-14-16-18-20-22-24-26-28-29-30-32-34-36-38-40-42-44-46-48-50-52-58(62)59-56(55-66-67(63,64)65-54-53-60(3,4)5)57(61)51-49-47-45-43-41-39-37-35-33-31-27-25-23-21-19-17-15-13-11-9-7-2/h30,32-33,35,41,43,49,51,56-57,61H,6-29,31,34,36-40,42,44-48,50,52-55H2,1-5H3,(H-,59,62,63,64)/b32-30-,35-33+,43-41+,51-49+. The molecule has 0 radical (unpaired) electrons. The largest absolute Gasteiger partial charge is 0.756 e. The third-order valence-electron chi connectivity index (χ3n) is 12.7. The molecule has 0 saturated heterocycles. The number of allylic oxidation sites excluding steroid dienone is 7. The highest BCUT2D eigenvalue weighted by Gasteiger charge is 2.23. The van der Waals surface area contributed by atoms with Crippen LogP contribution in [-0.4, -0.2) is 68.5 Å². The van der Waals surface area contributed by atoms with Gasteiger partial charge in [-0.05, 0) is 70.6 Å². The van der Waals surface area contributed by atoms with Gasteiger partial charge in [0.25, 0.3) is 7.82 Å². The number of rotatable bonds is 52. The molecule has 0 aliphatic carbocycles. The van der Waals surface area contributed by atoms with Crippen LogP contribution in [0.3, 0.4) is 0 Å². The predicted octanol–water partition coefficient (Wildman–Crippen LogP) is 16.5. The van der Waals surface area contributed by atoms with E-state index in [1.165, 1.54) is 199 Å². The Morgan fingerprint density at radius 2 is 0.836 bits per heavy atom. The predicted molar refractivity (Wildman–Crippen MR) is 288 cm³/mol. The number of nitrogens with one attached hydrogen (secondary N) is 1. The highest BCUT2D eigenvalue weighted by molar-refractivity contribution is 7.45. The first-order valence-corrected chi connectivity index (χ1v) is 30.0. The molecule has 0 aromatic carbocycles. The third-order valence-corrected chi connectivity index (χ3v) is 13.7. The molecular weight excluding hydrogens is 852 g/mol. The Kier molecular flexibility index (Phi) is 48.3. The maximum Gasteiger partial charge on any atom is 0.268 e. The molecule has 0 aliphatic heterocycles. The van der Waals surface area contributed by atoms with Gasteiger partial charge in [0, 0.05) is 6.42 Å². The molecule has 0 heterocycles. The van der Waals surface area contributed by atoms with Crippen LogP contribution < -0.4 is 10.2 Å². The maximum absolute atomic E-state index is 13.0. The zero-order valence-corrected chi connectivity index (χ0v) is 45.7. The zero-order valence-electron chi connectivity index (χ0n) is 44.9. The molecule has 8 nitrogen and oxygen atoms in total. The summed E-state index contributed by atoms with van der Waals surface area (Å²) >= 11 is 0. The van der Waals surface area contributed by atoms with E-state index in [4.69, 9.17) is 9.05 Å². The van der Waals surface area contributed by atoms with Crippen molar-refractivity contribution in [2.45, 2.75) is 276 Å². The highest BCUT2D eigenvalue weighted by Crippen LogP contribution is 2.38. The first-order valence-electron chi connectivity index (χ1n) is 28.5. The van der Waals surface area contributed by atoms with Crippen molar-refractivity contribution in [1.29, 1.82) is 0 Å². The van der Waals surface area contributed by atoms with Crippen LogP contribution in [0.1, 0.15) is 264 Å². The number of phosphoric ester groups is 1. The van der Waals surface area contributed by atoms with Crippen LogP contribution in [0, 0.1) is 0 Å². The Morgan fingerprint density at radius 1 is 0.507 bits per heavy atom. The van der Waals surface area contributed by atoms with Crippen LogP contribution in [-0.2, 0) is 18.4 Å². The van der Waals surface area contributed by atoms with E-state index in [1.807, 2.05) is 27.2 Å². The number of amides is 1. The molecule has 0 aromatic heterocycles. The Bertz CT molecular complexity index is 1230. The molecule has 3 atom stereocenters. The summed E-state index contributed by atoms with van der Waals surface area (Å²) in [4.78, 5) is 25.5. The van der Waals surface area contributed by atoms with E-state index in [0.717, 1.165) is 44.9 Å². The summed E-state index contributed by atoms with van der Waals surface area (Å²) in [5, 5.41) is 13.9. The normalized spacial score (nSPS) is 14.3. The molecule has 0 spiro atoms. The number of carbonyl (C=O) groups excluding carboxylic acids is 1. The van der Waals surface area contributed by atoms with E-state index in [2.05, 4.69) is 55.6 Å². The summed E-state index contributed by atoms with van der Waals surface area (Å²) < 4.78 is 23.3. The van der Waals surface area contributed by atoms with E-state index in [0.29, 0.717) is 17.4 Å². The van der Waals surface area contributed by atoms with E-state index >= 15 is 0 Å². The lowest BCUT2D eigenvalue weighted by molar-refractivity contribution is -0.870. The van der Waals surface area contributed by atoms with Gasteiger partial charge in [0.05, 0.1) is 39.9 Å². The zero-order chi connectivity index (χ0) is 49.2. The van der Waals surface area contributed by atoms with Crippen molar-refractivity contribution in [3.63, 3.8) is 0 Å². The lowest BCUT2D eigenvalue weighted by Crippen LogP contribution is -2.45. The second kappa shape index (κ2) is 49.4. The number of hydrogen-bond donors (Lipinski definition) is 2. The minimum atomic E-state index is -4.61. The fourth-order valence-electron chi connectivity index (χ4n) is 8.24. The van der Waals surface area contributed by atoms with Crippen molar-refractivity contribution in [2.24, 2.45) is 0 Å². The van der Waals surface area contributed by atoms with Crippen molar-refractivity contribution in [3.8, 4) is 0 Å². The van der Waals surface area contributed by atoms with Crippen molar-refractivity contribution in [3.05, 3.63) is 48.6 Å². The van der Waals surface area contributed by atoms with Crippen LogP contribution in [0.5, 0.6) is 0 Å². The minimum absolute atomic E-state index is 0.0100. The van der Waals surface area contributed by atoms with Gasteiger partial charge in [-0.2, -0.15) is 0 Å². The fraction of sp³-hybridized carbons (Fsp3) is 0.845. The molecule has 394 valence electrons. The maximum atomic E-state index is 13.0. The summed E-state index contributed by atoms with van der Waals surface area (Å²) in [6, 6.07) is -0.912. The number of unbranched alkanes of at least 4 members (excludes halogenated alkanes) is 33. The molecule has 9 heteroatoms. The second-order valence-electron chi connectivity index (χ2n) is 20.6. The van der Waals surface area contributed by atoms with E-state index < -0.39 is 26.6 Å². The van der Waals surface area contributed by atoms with Gasteiger partial charge in [0.15, 0.2) is 0 Å². The molecule has 0 aromatic rings. The lowest BCUT2D eigenvalue weighted by atomic mass is 10.0. The number of carbonyl (C=O) groups is 1. The Labute approximate surface area is 416 Å². The summed E-state index contributed by atoms with van der Waals surface area (Å²) in [5.74, 6) is -0.213. The topological polar surface area (TPSA) is 108 Å². The molecule has 1 amide bonds. The van der Waals surface area contributed by atoms with Crippen LogP contribution >= 0.6 is 7.82 Å². The number of hydrogen-bond acceptors (Lipinski definition) is 6. The molecule has 0 saturated carbocycles. The lowest BCUT2D eigenvalue weighted by Gasteiger charge is -2.29. The Balaban J connectivity index is 4.29. The summed E-state index contributed by atoms with van der Waals surface area (Å²) in [6.07, 6.45) is 64.7. The van der Waals surface area contributed by atoms with E-state index in [1.54, 1.807) is 6.08 Å². The SMILES string of the molecule is CCCCCCCCCCCCC/C=C/CC/C=C/CC/C=C/C(O)C(COP(=O)([O-])OCC[N+](C)(C)C)NC(=O)CCCCCCCCCC/C=C\CCCCCCCCCCCCCC. The van der Waals surface area contributed by atoms with Gasteiger partial charge >= 0.3 is 0 Å². The first-order chi connectivity index (χ1) is 32.5. The number of quaternary nitrogens is 1. The molecule has 0 bridgehead atoms. The van der Waals surface area contributed by atoms with Crippen LogP contribution in [0.4, 0.5) is 0 Å². The average molecular weight is 964 g/mol. The average Bonchev–Trinajstić information content (AvgIpc) is 3.29. The van der Waals surface area contributed by atoms with Gasteiger partial charge in [-0.15, -0.1) is 0 Å². The second-order valence-corrected chi connectivity index (χ2v) is 22.0. The Morgan fingerprint density at radius 3 is 1.21 bits per heavy atom. The van der Waals surface area contributed by atoms with Crippen LogP contribution in [0.15, 0.2) is 48.6 Å². The molecule has 0 rings (SSSR count). The van der Waals surface area contributed by atoms with Crippen LogP contribution in [0.2, 0.25) is 0 Å². The monoisotopic (exact) mass is 963 g/mol. The quantitative estimate of drug-likeness (QED) is 0.0272. The van der Waals surface area contributed by atoms with E-state index in [-0.39, 0.29) is 12.5 Å². The molecule has 67 heavy (non-hydrogen) atoms. The summed E-state index contributed by atoms with van der Waals surface area (Å²) in [5.41, 5.74) is 0. The fourth-order valence-corrected chi connectivity index (χ4v) is 8.96. The van der Waals surface area contributed by atoms with Crippen molar-refractivity contribution < 1.29 is 32.9 Å². The molecule has 3 unspecified atom stereocenters. The van der Waals surface area contributed by atoms with Gasteiger partial charge in [-0.3, -0.25) is 9.36 Å². The van der Waals surface area contributed by atoms with Gasteiger partial charge in [-0.1, -0.05) is 236 Å². The van der Waals surface area contributed by atoms with Gasteiger partial charge in [0.2, 0.25) is 5.91 Å². The Hall–Kier alpha value is -1.54. The number of aliphatic hydroxyl groups excluding tert-OH is 1. The van der Waals surface area contributed by atoms with Gasteiger partial charge < -0.3 is 28.8 Å². The van der Waals surface area contributed by atoms with E-state index in [9.17, 15) is 19.4 Å². The summed E-state index contributed by atoms with van der Waals surface area (Å²) in [6.45, 7) is 4.64. The van der Waals surface area contributed by atoms with Gasteiger partial charge in [0.1, 0.15) is 13.2 Å². The molecular formula is C58H111N2O6P. The highest BCUT2D eigenvalue weighted by atomic mass is 31.2. The number of nitrogens with zero attached hydrogens (tertiary/aromatic N) is 1. The minimum Gasteiger partial charge on any atom is -0.756 e. The first kappa shape index (κ1) is 65.5. The third kappa shape index (κ3) is 52.1. The smallest absolute Gasteiger partial charge is 0.268 e. The van der Waals surface area contributed by atoms with Gasteiger partial charge in [-0.25, -0.2) is 0 Å². The number of likely N-dealkylation sites (N-methyl/N-ethyl adjacent to an activating group) is 1. The van der Waals surface area contributed by atoms with Crippen molar-refractivity contribution >= 4 is 13.7 Å². The van der Waals surface area contributed by atoms with Crippen molar-refractivity contribution in [2.75, 3.05) is 40.9 Å². The molecule has 2 N–H and O–H groups in total. The molecule has 0 fully saturated rings. The van der Waals surface area contributed by atoms with Crippen LogP contribution in [0.25, 0.3) is 0 Å². The molecule has 0 aliphatic rings. The number of aliphatic hydroxyl groups is 1. The number of phosphoric acid groups is 1. The summed E-state index contributed by atoms with van der Waals surface area (Å²) in [7, 11) is 1.24. The van der Waals surface area contributed by atoms with Crippen molar-refractivity contribution in [1.82, 2.24) is 5.32 Å².